The number of hydrogen-bond acceptors (Lipinski definition) is 6. The highest BCUT2D eigenvalue weighted by atomic mass is 32.1. The molecule has 0 saturated carbocycles. The number of ether oxygens (including phenoxy) is 3. The number of carbonyl (C=O) groups is 2. The van der Waals surface area contributed by atoms with Gasteiger partial charge in [0, 0.05) is 12.3 Å². The van der Waals surface area contributed by atoms with E-state index in [1.807, 2.05) is 18.4 Å². The first kappa shape index (κ1) is 20.6. The van der Waals surface area contributed by atoms with Crippen LogP contribution in [0.4, 0.5) is 5.69 Å². The zero-order chi connectivity index (χ0) is 20.5. The summed E-state index contributed by atoms with van der Waals surface area (Å²) in [5.41, 5.74) is 0.946. The molecule has 0 saturated heterocycles. The van der Waals surface area contributed by atoms with Crippen LogP contribution < -0.4 is 14.8 Å². The van der Waals surface area contributed by atoms with Crippen molar-refractivity contribution in [3.8, 4) is 11.5 Å². The van der Waals surface area contributed by atoms with Gasteiger partial charge < -0.3 is 19.5 Å². The Hall–Kier alpha value is -3.16. The van der Waals surface area contributed by atoms with Crippen LogP contribution in [0, 0.1) is 0 Å². The molecule has 1 amide bonds. The van der Waals surface area contributed by atoms with Gasteiger partial charge in [0.05, 0.1) is 11.5 Å². The number of thiophene rings is 1. The number of esters is 1. The van der Waals surface area contributed by atoms with Crippen LogP contribution in [0.2, 0.25) is 0 Å². The second-order valence-electron chi connectivity index (χ2n) is 5.89. The molecule has 0 aliphatic carbocycles. The molecule has 3 aromatic rings. The molecule has 1 heterocycles. The molecule has 1 N–H and O–H groups in total. The fourth-order valence-electron chi connectivity index (χ4n) is 2.48. The van der Waals surface area contributed by atoms with Crippen LogP contribution in [-0.4, -0.2) is 31.7 Å². The Kier molecular flexibility index (Phi) is 7.38. The highest BCUT2D eigenvalue weighted by molar-refractivity contribution is 7.12. The van der Waals surface area contributed by atoms with Gasteiger partial charge in [0.25, 0.3) is 5.91 Å². The van der Waals surface area contributed by atoms with Gasteiger partial charge in [0.2, 0.25) is 0 Å². The summed E-state index contributed by atoms with van der Waals surface area (Å²) in [6.07, 6.45) is 0. The van der Waals surface area contributed by atoms with Crippen molar-refractivity contribution in [2.75, 3.05) is 25.1 Å². The minimum atomic E-state index is -0.521. The van der Waals surface area contributed by atoms with Crippen LogP contribution >= 0.6 is 11.3 Å². The van der Waals surface area contributed by atoms with Gasteiger partial charge in [-0.05, 0) is 54.8 Å². The number of nitrogens with one attached hydrogen (secondary N) is 1. The zero-order valence-electron chi connectivity index (χ0n) is 15.9. The molecule has 0 aliphatic rings. The van der Waals surface area contributed by atoms with Crippen LogP contribution in [-0.2, 0) is 4.74 Å². The maximum absolute atomic E-state index is 12.5. The van der Waals surface area contributed by atoms with Crippen molar-refractivity contribution in [1.82, 2.24) is 0 Å². The highest BCUT2D eigenvalue weighted by Crippen LogP contribution is 2.22. The molecule has 2 aromatic carbocycles. The lowest BCUT2D eigenvalue weighted by atomic mass is 10.2. The van der Waals surface area contributed by atoms with Gasteiger partial charge in [0.1, 0.15) is 23.7 Å². The van der Waals surface area contributed by atoms with E-state index in [2.05, 4.69) is 5.32 Å². The first-order valence-corrected chi connectivity index (χ1v) is 10.0. The molecule has 0 aliphatic heterocycles. The van der Waals surface area contributed by atoms with E-state index in [9.17, 15) is 9.59 Å². The second-order valence-corrected chi connectivity index (χ2v) is 6.83. The number of anilines is 1. The SMILES string of the molecule is CCOCCOc1ccccc1C(=O)Oc1ccc(NC(=O)c2cccs2)cc1. The molecule has 7 heteroatoms. The van der Waals surface area contributed by atoms with E-state index in [1.165, 1.54) is 11.3 Å². The molecule has 0 spiro atoms. The minimum Gasteiger partial charge on any atom is -0.490 e. The first-order chi connectivity index (χ1) is 14.2. The Bertz CT molecular complexity index is 938. The Morgan fingerprint density at radius 2 is 1.76 bits per heavy atom. The van der Waals surface area contributed by atoms with Crippen LogP contribution in [0.15, 0.2) is 66.0 Å². The first-order valence-electron chi connectivity index (χ1n) is 9.14. The lowest BCUT2D eigenvalue weighted by Crippen LogP contribution is -2.13. The van der Waals surface area contributed by atoms with Crippen LogP contribution in [0.3, 0.4) is 0 Å². The number of hydrogen-bond donors (Lipinski definition) is 1. The van der Waals surface area contributed by atoms with Gasteiger partial charge in [0.15, 0.2) is 0 Å². The largest absolute Gasteiger partial charge is 0.490 e. The molecule has 0 radical (unpaired) electrons. The zero-order valence-corrected chi connectivity index (χ0v) is 16.7. The number of amides is 1. The van der Waals surface area contributed by atoms with E-state index in [1.54, 1.807) is 54.6 Å². The summed E-state index contributed by atoms with van der Waals surface area (Å²) in [7, 11) is 0. The lowest BCUT2D eigenvalue weighted by molar-refractivity contribution is 0.0724. The van der Waals surface area contributed by atoms with Gasteiger partial charge >= 0.3 is 5.97 Å². The molecule has 6 nitrogen and oxygen atoms in total. The molecule has 0 atom stereocenters. The second kappa shape index (κ2) is 10.4. The average Bonchev–Trinajstić information content (AvgIpc) is 3.28. The molecule has 0 fully saturated rings. The van der Waals surface area contributed by atoms with E-state index in [0.29, 0.717) is 47.4 Å². The van der Waals surface area contributed by atoms with Crippen molar-refractivity contribution in [3.05, 3.63) is 76.5 Å². The Balaban J connectivity index is 1.60. The normalized spacial score (nSPS) is 10.4. The number of benzene rings is 2. The standard InChI is InChI=1S/C22H21NO5S/c1-2-26-13-14-27-19-7-4-3-6-18(19)22(25)28-17-11-9-16(10-12-17)23-21(24)20-8-5-15-29-20/h3-12,15H,2,13-14H2,1H3,(H,23,24). The minimum absolute atomic E-state index is 0.178. The number of rotatable bonds is 9. The van der Waals surface area contributed by atoms with Crippen molar-refractivity contribution in [2.24, 2.45) is 0 Å². The summed E-state index contributed by atoms with van der Waals surface area (Å²) in [5.74, 6) is 0.112. The van der Waals surface area contributed by atoms with Crippen LogP contribution in [0.1, 0.15) is 27.0 Å². The predicted molar refractivity (Wildman–Crippen MR) is 112 cm³/mol. The molecule has 0 unspecified atom stereocenters. The summed E-state index contributed by atoms with van der Waals surface area (Å²) < 4.78 is 16.3. The van der Waals surface area contributed by atoms with Crippen molar-refractivity contribution < 1.29 is 23.8 Å². The Morgan fingerprint density at radius 1 is 0.966 bits per heavy atom. The van der Waals surface area contributed by atoms with Gasteiger partial charge in [-0.3, -0.25) is 4.79 Å². The molecule has 3 rings (SSSR count). The van der Waals surface area contributed by atoms with Crippen molar-refractivity contribution in [3.63, 3.8) is 0 Å². The summed E-state index contributed by atoms with van der Waals surface area (Å²) in [5, 5.41) is 4.64. The summed E-state index contributed by atoms with van der Waals surface area (Å²) in [6.45, 7) is 3.30. The fourth-order valence-corrected chi connectivity index (χ4v) is 3.10. The predicted octanol–water partition coefficient (Wildman–Crippen LogP) is 4.63. The average molecular weight is 411 g/mol. The molecule has 150 valence electrons. The Labute approximate surface area is 173 Å². The summed E-state index contributed by atoms with van der Waals surface area (Å²) >= 11 is 1.37. The third-order valence-electron chi connectivity index (χ3n) is 3.86. The highest BCUT2D eigenvalue weighted by Gasteiger charge is 2.15. The van der Waals surface area contributed by atoms with Crippen LogP contribution in [0.5, 0.6) is 11.5 Å². The quantitative estimate of drug-likeness (QED) is 0.316. The van der Waals surface area contributed by atoms with Crippen LogP contribution in [0.25, 0.3) is 0 Å². The molecule has 0 bridgehead atoms. The summed E-state index contributed by atoms with van der Waals surface area (Å²) in [6, 6.07) is 17.1. The molecular formula is C22H21NO5S. The topological polar surface area (TPSA) is 73.9 Å². The van der Waals surface area contributed by atoms with Crippen molar-refractivity contribution in [1.29, 1.82) is 0 Å². The van der Waals surface area contributed by atoms with E-state index < -0.39 is 5.97 Å². The third kappa shape index (κ3) is 5.91. The number of carbonyl (C=O) groups excluding carboxylic acids is 2. The van der Waals surface area contributed by atoms with Crippen molar-refractivity contribution >= 4 is 28.9 Å². The lowest BCUT2D eigenvalue weighted by Gasteiger charge is -2.11. The Morgan fingerprint density at radius 3 is 2.48 bits per heavy atom. The van der Waals surface area contributed by atoms with Gasteiger partial charge in [-0.2, -0.15) is 0 Å². The van der Waals surface area contributed by atoms with Gasteiger partial charge in [-0.1, -0.05) is 18.2 Å². The summed E-state index contributed by atoms with van der Waals surface area (Å²) in [4.78, 5) is 25.2. The third-order valence-corrected chi connectivity index (χ3v) is 4.73. The van der Waals surface area contributed by atoms with E-state index in [-0.39, 0.29) is 5.91 Å². The fraction of sp³-hybridized carbons (Fsp3) is 0.182. The van der Waals surface area contributed by atoms with Gasteiger partial charge in [-0.25, -0.2) is 4.79 Å². The van der Waals surface area contributed by atoms with E-state index in [0.717, 1.165) is 0 Å². The smallest absolute Gasteiger partial charge is 0.347 e. The molecule has 29 heavy (non-hydrogen) atoms. The molecular weight excluding hydrogens is 390 g/mol. The van der Waals surface area contributed by atoms with E-state index in [4.69, 9.17) is 14.2 Å². The molecule has 1 aromatic heterocycles. The maximum Gasteiger partial charge on any atom is 0.347 e. The monoisotopic (exact) mass is 411 g/mol. The number of para-hydroxylation sites is 1. The van der Waals surface area contributed by atoms with Gasteiger partial charge in [-0.15, -0.1) is 11.3 Å². The maximum atomic E-state index is 12.5. The van der Waals surface area contributed by atoms with Crippen molar-refractivity contribution in [2.45, 2.75) is 6.92 Å². The van der Waals surface area contributed by atoms with E-state index >= 15 is 0 Å².